The highest BCUT2D eigenvalue weighted by Crippen LogP contribution is 2.35. The lowest BCUT2D eigenvalue weighted by Gasteiger charge is -2.16. The van der Waals surface area contributed by atoms with Crippen molar-refractivity contribution in [3.05, 3.63) is 68.8 Å². The highest BCUT2D eigenvalue weighted by Gasteiger charge is 2.29. The largest absolute Gasteiger partial charge is 0.295 e. The third-order valence-corrected chi connectivity index (χ3v) is 5.76. The SMILES string of the molecule is Cc1cc(-c2c(C)ccc(S(=O)(=O)O)c2C(=O)c2ccc(Cl)cc2Cl)n(C)n1. The van der Waals surface area contributed by atoms with E-state index in [2.05, 4.69) is 5.10 Å². The van der Waals surface area contributed by atoms with Gasteiger partial charge in [-0.05, 0) is 49.7 Å². The summed E-state index contributed by atoms with van der Waals surface area (Å²) in [5, 5.41) is 4.69. The maximum atomic E-state index is 13.4. The molecular weight excluding hydrogens is 423 g/mol. The molecule has 0 radical (unpaired) electrons. The molecule has 0 amide bonds. The van der Waals surface area contributed by atoms with E-state index in [4.69, 9.17) is 23.2 Å². The Morgan fingerprint density at radius 3 is 2.32 bits per heavy atom. The molecule has 0 unspecified atom stereocenters. The standard InChI is InChI=1S/C19H16Cl2N2O4S/c1-10-4-7-16(28(25,26)27)18(17(10)15-8-11(2)22-23(15)3)19(24)13-6-5-12(20)9-14(13)21/h4-9H,1-3H3,(H,25,26,27). The molecule has 0 atom stereocenters. The van der Waals surface area contributed by atoms with E-state index in [-0.39, 0.29) is 16.1 Å². The van der Waals surface area contributed by atoms with Gasteiger partial charge >= 0.3 is 0 Å². The Morgan fingerprint density at radius 2 is 1.79 bits per heavy atom. The minimum absolute atomic E-state index is 0.0710. The van der Waals surface area contributed by atoms with Gasteiger partial charge in [-0.2, -0.15) is 13.5 Å². The number of hydrogen-bond acceptors (Lipinski definition) is 4. The average Bonchev–Trinajstić information content (AvgIpc) is 2.90. The third-order valence-electron chi connectivity index (χ3n) is 4.31. The lowest BCUT2D eigenvalue weighted by atomic mass is 9.93. The first-order valence-corrected chi connectivity index (χ1v) is 10.3. The van der Waals surface area contributed by atoms with Gasteiger partial charge in [-0.3, -0.25) is 14.0 Å². The predicted molar refractivity (Wildman–Crippen MR) is 108 cm³/mol. The molecule has 3 aromatic rings. The molecule has 2 aromatic carbocycles. The first-order chi connectivity index (χ1) is 13.0. The number of nitrogens with zero attached hydrogens (tertiary/aromatic N) is 2. The second-order valence-electron chi connectivity index (χ2n) is 6.35. The van der Waals surface area contributed by atoms with Crippen molar-refractivity contribution in [1.82, 2.24) is 9.78 Å². The summed E-state index contributed by atoms with van der Waals surface area (Å²) in [6.45, 7) is 3.52. The Kier molecular flexibility index (Phi) is 5.38. The van der Waals surface area contributed by atoms with Crippen molar-refractivity contribution in [2.45, 2.75) is 18.7 Å². The van der Waals surface area contributed by atoms with Crippen LogP contribution in [0.5, 0.6) is 0 Å². The summed E-state index contributed by atoms with van der Waals surface area (Å²) >= 11 is 12.1. The number of aryl methyl sites for hydroxylation is 3. The lowest BCUT2D eigenvalue weighted by molar-refractivity contribution is 0.103. The molecule has 0 fully saturated rings. The Balaban J connectivity index is 2.42. The molecule has 146 valence electrons. The number of aromatic nitrogens is 2. The van der Waals surface area contributed by atoms with E-state index in [1.54, 1.807) is 31.6 Å². The molecule has 0 aliphatic heterocycles. The zero-order valence-electron chi connectivity index (χ0n) is 15.2. The number of halogens is 2. The fourth-order valence-electron chi connectivity index (χ4n) is 3.11. The summed E-state index contributed by atoms with van der Waals surface area (Å²) in [7, 11) is -2.99. The summed E-state index contributed by atoms with van der Waals surface area (Å²) in [6.07, 6.45) is 0. The third kappa shape index (κ3) is 3.71. The number of benzene rings is 2. The van der Waals surface area contributed by atoms with Crippen LogP contribution in [-0.4, -0.2) is 28.5 Å². The van der Waals surface area contributed by atoms with Gasteiger partial charge in [0.05, 0.1) is 22.0 Å². The van der Waals surface area contributed by atoms with Crippen molar-refractivity contribution in [3.8, 4) is 11.3 Å². The van der Waals surface area contributed by atoms with Gasteiger partial charge in [0.15, 0.2) is 5.78 Å². The van der Waals surface area contributed by atoms with E-state index in [0.717, 1.165) is 0 Å². The fourth-order valence-corrected chi connectivity index (χ4v) is 4.30. The van der Waals surface area contributed by atoms with Crippen molar-refractivity contribution in [3.63, 3.8) is 0 Å². The molecule has 0 bridgehead atoms. The summed E-state index contributed by atoms with van der Waals surface area (Å²) in [5.41, 5.74) is 2.13. The minimum atomic E-state index is -4.68. The van der Waals surface area contributed by atoms with Gasteiger partial charge in [-0.15, -0.1) is 0 Å². The van der Waals surface area contributed by atoms with E-state index in [1.165, 1.54) is 30.3 Å². The van der Waals surface area contributed by atoms with Crippen LogP contribution in [0.25, 0.3) is 11.3 Å². The van der Waals surface area contributed by atoms with Gasteiger partial charge in [-0.25, -0.2) is 0 Å². The monoisotopic (exact) mass is 438 g/mol. The Bertz CT molecular complexity index is 1220. The van der Waals surface area contributed by atoms with Gasteiger partial charge in [0.25, 0.3) is 10.1 Å². The van der Waals surface area contributed by atoms with E-state index in [0.29, 0.717) is 27.5 Å². The van der Waals surface area contributed by atoms with Crippen molar-refractivity contribution in [2.75, 3.05) is 0 Å². The predicted octanol–water partition coefficient (Wildman–Crippen LogP) is 4.49. The quantitative estimate of drug-likeness (QED) is 0.478. The number of hydrogen-bond donors (Lipinski definition) is 1. The van der Waals surface area contributed by atoms with Crippen LogP contribution in [-0.2, 0) is 17.2 Å². The maximum absolute atomic E-state index is 13.4. The molecule has 3 rings (SSSR count). The second-order valence-corrected chi connectivity index (χ2v) is 8.59. The van der Waals surface area contributed by atoms with E-state index in [9.17, 15) is 17.8 Å². The first kappa shape index (κ1) is 20.5. The summed E-state index contributed by atoms with van der Waals surface area (Å²) in [4.78, 5) is 12.9. The first-order valence-electron chi connectivity index (χ1n) is 8.12. The molecule has 1 heterocycles. The molecule has 9 heteroatoms. The van der Waals surface area contributed by atoms with Crippen LogP contribution in [0.3, 0.4) is 0 Å². The zero-order valence-corrected chi connectivity index (χ0v) is 17.5. The summed E-state index contributed by atoms with van der Waals surface area (Å²) in [6, 6.07) is 8.76. The fraction of sp³-hybridized carbons (Fsp3) is 0.158. The lowest BCUT2D eigenvalue weighted by Crippen LogP contribution is -2.14. The smallest absolute Gasteiger partial charge is 0.288 e. The van der Waals surface area contributed by atoms with Crippen LogP contribution in [0, 0.1) is 13.8 Å². The summed E-state index contributed by atoms with van der Waals surface area (Å²) in [5.74, 6) is -0.646. The van der Waals surface area contributed by atoms with Gasteiger partial charge in [0.2, 0.25) is 0 Å². The van der Waals surface area contributed by atoms with Crippen molar-refractivity contribution in [1.29, 1.82) is 0 Å². The van der Waals surface area contributed by atoms with Crippen LogP contribution in [0.1, 0.15) is 27.2 Å². The van der Waals surface area contributed by atoms with Crippen LogP contribution >= 0.6 is 23.2 Å². The highest BCUT2D eigenvalue weighted by molar-refractivity contribution is 7.86. The van der Waals surface area contributed by atoms with E-state index >= 15 is 0 Å². The van der Waals surface area contributed by atoms with E-state index in [1.807, 2.05) is 0 Å². The van der Waals surface area contributed by atoms with Crippen LogP contribution < -0.4 is 0 Å². The van der Waals surface area contributed by atoms with Crippen molar-refractivity contribution < 1.29 is 17.8 Å². The Morgan fingerprint density at radius 1 is 1.11 bits per heavy atom. The molecule has 28 heavy (non-hydrogen) atoms. The summed E-state index contributed by atoms with van der Waals surface area (Å²) < 4.78 is 35.4. The van der Waals surface area contributed by atoms with Crippen molar-refractivity contribution in [2.24, 2.45) is 7.05 Å². The molecule has 0 aliphatic carbocycles. The van der Waals surface area contributed by atoms with Crippen LogP contribution in [0.4, 0.5) is 0 Å². The number of ketones is 1. The second kappa shape index (κ2) is 7.33. The van der Waals surface area contributed by atoms with Gasteiger partial charge in [0.1, 0.15) is 4.90 Å². The topological polar surface area (TPSA) is 89.3 Å². The number of carbonyl (C=O) groups excluding carboxylic acids is 1. The Hall–Kier alpha value is -2.19. The molecule has 6 nitrogen and oxygen atoms in total. The van der Waals surface area contributed by atoms with E-state index < -0.39 is 20.8 Å². The van der Waals surface area contributed by atoms with Crippen LogP contribution in [0.15, 0.2) is 41.3 Å². The number of carbonyl (C=O) groups is 1. The van der Waals surface area contributed by atoms with Gasteiger partial charge in [0, 0.05) is 23.2 Å². The molecule has 1 N–H and O–H groups in total. The normalized spacial score (nSPS) is 11.6. The highest BCUT2D eigenvalue weighted by atomic mass is 35.5. The Labute approximate surface area is 172 Å². The molecule has 1 aromatic heterocycles. The number of rotatable bonds is 4. The van der Waals surface area contributed by atoms with Crippen LogP contribution in [0.2, 0.25) is 10.0 Å². The zero-order chi connectivity index (χ0) is 20.8. The molecule has 0 saturated carbocycles. The average molecular weight is 439 g/mol. The minimum Gasteiger partial charge on any atom is -0.288 e. The van der Waals surface area contributed by atoms with Gasteiger partial charge in [-0.1, -0.05) is 29.3 Å². The molecule has 0 aliphatic rings. The molecule has 0 saturated heterocycles. The maximum Gasteiger partial charge on any atom is 0.295 e. The molecular formula is C19H16Cl2N2O4S. The molecule has 0 spiro atoms. The van der Waals surface area contributed by atoms with Gasteiger partial charge < -0.3 is 0 Å². The van der Waals surface area contributed by atoms with Crippen molar-refractivity contribution >= 4 is 39.1 Å².